The summed E-state index contributed by atoms with van der Waals surface area (Å²) in [7, 11) is -1.90. The molecule has 1 aromatic carbocycles. The van der Waals surface area contributed by atoms with E-state index in [-0.39, 0.29) is 0 Å². The third-order valence-electron chi connectivity index (χ3n) is 4.88. The Bertz CT molecular complexity index is 478. The van der Waals surface area contributed by atoms with Crippen molar-refractivity contribution >= 4 is 13.2 Å². The number of hydrogen-bond acceptors (Lipinski definition) is 1. The van der Waals surface area contributed by atoms with E-state index in [0.29, 0.717) is 0 Å². The zero-order chi connectivity index (χ0) is 18.2. The lowest BCUT2D eigenvalue weighted by atomic mass is 10.1. The van der Waals surface area contributed by atoms with E-state index in [1.807, 2.05) is 0 Å². The van der Waals surface area contributed by atoms with Crippen molar-refractivity contribution in [1.82, 2.24) is 0 Å². The van der Waals surface area contributed by atoms with Crippen LogP contribution >= 0.6 is 7.14 Å². The minimum Gasteiger partial charge on any atom is -0.324 e. The maximum Gasteiger partial charge on any atom is 0.0877 e. The highest BCUT2D eigenvalue weighted by Crippen LogP contribution is 2.48. The second-order valence-corrected chi connectivity index (χ2v) is 10.8. The molecule has 0 spiro atoms. The van der Waals surface area contributed by atoms with Crippen LogP contribution in [0.25, 0.3) is 6.08 Å². The molecule has 0 bridgehead atoms. The summed E-state index contributed by atoms with van der Waals surface area (Å²) in [6.07, 6.45) is 19.4. The lowest BCUT2D eigenvalue weighted by Gasteiger charge is -2.18. The molecule has 0 atom stereocenters. The topological polar surface area (TPSA) is 17.1 Å². The molecule has 1 nitrogen and oxygen atoms in total. The summed E-state index contributed by atoms with van der Waals surface area (Å²) in [5.74, 6) is 0. The van der Waals surface area contributed by atoms with Gasteiger partial charge in [0.05, 0.1) is 7.14 Å². The van der Waals surface area contributed by atoms with Gasteiger partial charge >= 0.3 is 0 Å². The van der Waals surface area contributed by atoms with Gasteiger partial charge in [-0.05, 0) is 37.7 Å². The highest BCUT2D eigenvalue weighted by molar-refractivity contribution is 7.63. The molecule has 0 aliphatic rings. The van der Waals surface area contributed by atoms with E-state index in [9.17, 15) is 4.57 Å². The van der Waals surface area contributed by atoms with Crippen LogP contribution in [0, 0.1) is 0 Å². The van der Waals surface area contributed by atoms with Crippen LogP contribution in [0.15, 0.2) is 36.4 Å². The first kappa shape index (κ1) is 22.2. The van der Waals surface area contributed by atoms with Crippen molar-refractivity contribution in [3.63, 3.8) is 0 Å². The van der Waals surface area contributed by atoms with Crippen LogP contribution in [0.1, 0.15) is 83.6 Å². The third kappa shape index (κ3) is 11.4. The summed E-state index contributed by atoms with van der Waals surface area (Å²) in [4.78, 5) is 0. The van der Waals surface area contributed by atoms with Crippen molar-refractivity contribution in [2.45, 2.75) is 78.1 Å². The fourth-order valence-electron chi connectivity index (χ4n) is 3.26. The molecule has 0 aliphatic heterocycles. The second-order valence-electron chi connectivity index (χ2n) is 7.31. The zero-order valence-electron chi connectivity index (χ0n) is 16.6. The van der Waals surface area contributed by atoms with E-state index in [0.717, 1.165) is 31.3 Å². The highest BCUT2D eigenvalue weighted by atomic mass is 31.2. The van der Waals surface area contributed by atoms with Gasteiger partial charge < -0.3 is 4.57 Å². The first-order valence-electron chi connectivity index (χ1n) is 10.5. The van der Waals surface area contributed by atoms with Gasteiger partial charge in [0.25, 0.3) is 0 Å². The Hall–Kier alpha value is -0.810. The molecule has 2 heteroatoms. The number of hydrogen-bond donors (Lipinski definition) is 0. The standard InChI is InChI=1S/C23H39OP/c1-3-5-14-20-25(24,21-15-6-4-2)22-16-9-7-8-11-17-23-18-12-10-13-19-23/h10-13,17-19H,3-9,14-16,20-22H2,1-2H3. The predicted molar refractivity (Wildman–Crippen MR) is 115 cm³/mol. The Morgan fingerprint density at radius 2 is 1.32 bits per heavy atom. The molecular formula is C23H39OP. The van der Waals surface area contributed by atoms with Crippen LogP contribution in [0.2, 0.25) is 0 Å². The molecule has 0 fully saturated rings. The molecule has 25 heavy (non-hydrogen) atoms. The summed E-state index contributed by atoms with van der Waals surface area (Å²) in [6, 6.07) is 10.5. The summed E-state index contributed by atoms with van der Waals surface area (Å²) in [6.45, 7) is 4.45. The van der Waals surface area contributed by atoms with Crippen molar-refractivity contribution in [3.8, 4) is 0 Å². The van der Waals surface area contributed by atoms with Crippen molar-refractivity contribution in [1.29, 1.82) is 0 Å². The Balaban J connectivity index is 2.23. The van der Waals surface area contributed by atoms with E-state index in [2.05, 4.69) is 56.3 Å². The molecule has 0 N–H and O–H groups in total. The monoisotopic (exact) mass is 362 g/mol. The smallest absolute Gasteiger partial charge is 0.0877 e. The predicted octanol–water partition coefficient (Wildman–Crippen LogP) is 8.00. The van der Waals surface area contributed by atoms with E-state index < -0.39 is 7.14 Å². The zero-order valence-corrected chi connectivity index (χ0v) is 17.5. The van der Waals surface area contributed by atoms with Gasteiger partial charge in [0.2, 0.25) is 0 Å². The Morgan fingerprint density at radius 3 is 1.88 bits per heavy atom. The summed E-state index contributed by atoms with van der Waals surface area (Å²) in [5, 5.41) is 0. The quantitative estimate of drug-likeness (QED) is 0.228. The molecule has 0 saturated heterocycles. The molecule has 142 valence electrons. The van der Waals surface area contributed by atoms with Gasteiger partial charge in [-0.1, -0.05) is 88.4 Å². The Labute approximate surface area is 156 Å². The number of benzene rings is 1. The molecule has 0 unspecified atom stereocenters. The maximum atomic E-state index is 13.2. The minimum absolute atomic E-state index is 0.989. The molecular weight excluding hydrogens is 323 g/mol. The van der Waals surface area contributed by atoms with Crippen LogP contribution < -0.4 is 0 Å². The molecule has 0 heterocycles. The average Bonchev–Trinajstić information content (AvgIpc) is 2.62. The highest BCUT2D eigenvalue weighted by Gasteiger charge is 2.20. The Morgan fingerprint density at radius 1 is 0.760 bits per heavy atom. The van der Waals surface area contributed by atoms with Gasteiger partial charge in [0, 0.05) is 18.5 Å². The fourth-order valence-corrected chi connectivity index (χ4v) is 6.33. The molecule has 1 aromatic rings. The van der Waals surface area contributed by atoms with E-state index in [1.54, 1.807) is 0 Å². The first-order chi connectivity index (χ1) is 12.2. The van der Waals surface area contributed by atoms with Gasteiger partial charge in [-0.3, -0.25) is 0 Å². The minimum atomic E-state index is -1.90. The summed E-state index contributed by atoms with van der Waals surface area (Å²) < 4.78 is 13.2. The molecule has 1 rings (SSSR count). The van der Waals surface area contributed by atoms with Crippen molar-refractivity contribution in [3.05, 3.63) is 42.0 Å². The van der Waals surface area contributed by atoms with Crippen molar-refractivity contribution in [2.75, 3.05) is 18.5 Å². The molecule has 0 aliphatic carbocycles. The summed E-state index contributed by atoms with van der Waals surface area (Å²) in [5.41, 5.74) is 1.28. The van der Waals surface area contributed by atoms with E-state index >= 15 is 0 Å². The molecule has 0 radical (unpaired) electrons. The van der Waals surface area contributed by atoms with Crippen LogP contribution in [-0.2, 0) is 4.57 Å². The van der Waals surface area contributed by atoms with Crippen LogP contribution in [-0.4, -0.2) is 18.5 Å². The van der Waals surface area contributed by atoms with Gasteiger partial charge in [-0.25, -0.2) is 0 Å². The van der Waals surface area contributed by atoms with Gasteiger partial charge in [-0.2, -0.15) is 0 Å². The molecule has 0 saturated carbocycles. The van der Waals surface area contributed by atoms with Crippen LogP contribution in [0.5, 0.6) is 0 Å². The Kier molecular flexibility index (Phi) is 12.8. The van der Waals surface area contributed by atoms with E-state index in [1.165, 1.54) is 56.9 Å². The molecule has 0 amide bonds. The van der Waals surface area contributed by atoms with Gasteiger partial charge in [-0.15, -0.1) is 0 Å². The molecule has 0 aromatic heterocycles. The summed E-state index contributed by atoms with van der Waals surface area (Å²) >= 11 is 0. The van der Waals surface area contributed by atoms with Crippen LogP contribution in [0.4, 0.5) is 0 Å². The fraction of sp³-hybridized carbons (Fsp3) is 0.652. The van der Waals surface area contributed by atoms with Gasteiger partial charge in [0.15, 0.2) is 0 Å². The largest absolute Gasteiger partial charge is 0.324 e. The van der Waals surface area contributed by atoms with Crippen molar-refractivity contribution < 1.29 is 4.57 Å². The number of rotatable bonds is 15. The van der Waals surface area contributed by atoms with E-state index in [4.69, 9.17) is 0 Å². The average molecular weight is 363 g/mol. The lowest BCUT2D eigenvalue weighted by molar-refractivity contribution is 0.563. The SMILES string of the molecule is CCCCCP(=O)(CCCCC)CCCCCC=Cc1ccccc1. The first-order valence-corrected chi connectivity index (χ1v) is 12.7. The second kappa shape index (κ2) is 14.4. The van der Waals surface area contributed by atoms with Crippen LogP contribution in [0.3, 0.4) is 0 Å². The van der Waals surface area contributed by atoms with Gasteiger partial charge in [0.1, 0.15) is 0 Å². The normalized spacial score (nSPS) is 12.1. The number of allylic oxidation sites excluding steroid dienone is 1. The number of unbranched alkanes of at least 4 members (excludes halogenated alkanes) is 7. The maximum absolute atomic E-state index is 13.2. The third-order valence-corrected chi connectivity index (χ3v) is 8.28. The lowest BCUT2D eigenvalue weighted by Crippen LogP contribution is -2.01. The van der Waals surface area contributed by atoms with Crippen molar-refractivity contribution in [2.24, 2.45) is 0 Å².